The minimum Gasteiger partial charge on any atom is -0.507 e. The molecule has 2 aromatic rings. The monoisotopic (exact) mass is 474 g/mol. The Morgan fingerprint density at radius 2 is 1.74 bits per heavy atom. The molecule has 2 aromatic carbocycles. The van der Waals surface area contributed by atoms with Crippen LogP contribution in [0.2, 0.25) is 0 Å². The van der Waals surface area contributed by atoms with Gasteiger partial charge in [0.25, 0.3) is 0 Å². The highest BCUT2D eigenvalue weighted by molar-refractivity contribution is 6.30. The fourth-order valence-electron chi connectivity index (χ4n) is 3.99. The van der Waals surface area contributed by atoms with E-state index in [4.69, 9.17) is 14.2 Å². The first-order chi connectivity index (χ1) is 16.1. The summed E-state index contributed by atoms with van der Waals surface area (Å²) in [6.07, 6.45) is -7.91. The Labute approximate surface area is 192 Å². The molecule has 1 aliphatic heterocycles. The fraction of sp³-hybridized carbons (Fsp3) is 0.348. The summed E-state index contributed by atoms with van der Waals surface area (Å²) in [6, 6.07) is 6.63. The summed E-state index contributed by atoms with van der Waals surface area (Å²) in [5.74, 6) is -2.64. The first-order valence-corrected chi connectivity index (χ1v) is 10.3. The predicted molar refractivity (Wildman–Crippen MR) is 111 cm³/mol. The number of phenolic OH excluding ortho intramolecular Hbond substituents is 1. The number of ketones is 2. The van der Waals surface area contributed by atoms with Crippen LogP contribution < -0.4 is 4.74 Å². The molecule has 11 nitrogen and oxygen atoms in total. The Balaban J connectivity index is 1.69. The molecule has 0 aromatic heterocycles. The Bertz CT molecular complexity index is 1160. The van der Waals surface area contributed by atoms with Crippen LogP contribution in [0.3, 0.4) is 0 Å². The lowest BCUT2D eigenvalue weighted by atomic mass is 9.82. The van der Waals surface area contributed by atoms with E-state index >= 15 is 0 Å². The second-order valence-corrected chi connectivity index (χ2v) is 7.97. The van der Waals surface area contributed by atoms with Crippen molar-refractivity contribution in [2.24, 2.45) is 0 Å². The fourth-order valence-corrected chi connectivity index (χ4v) is 3.99. The number of ether oxygens (including phenoxy) is 3. The van der Waals surface area contributed by atoms with Gasteiger partial charge in [-0.15, -0.1) is 0 Å². The van der Waals surface area contributed by atoms with E-state index in [1.165, 1.54) is 30.3 Å². The van der Waals surface area contributed by atoms with E-state index < -0.39 is 67.2 Å². The SMILES string of the molecule is CC(=O)OC[C@H]1O[C@@H](Oc2cccc3c2C(=O)c2c(O)cc(CO)cc2C3=O)[C@H](O)[C@@H](O)[C@@H]1O. The average Bonchev–Trinajstić information content (AvgIpc) is 2.81. The Hall–Kier alpha value is -3.35. The highest BCUT2D eigenvalue weighted by Gasteiger charge is 2.46. The molecule has 34 heavy (non-hydrogen) atoms. The number of aliphatic hydroxyl groups is 4. The van der Waals surface area contributed by atoms with E-state index in [-0.39, 0.29) is 33.6 Å². The number of aliphatic hydroxyl groups excluding tert-OH is 4. The number of hydrogen-bond donors (Lipinski definition) is 5. The Kier molecular flexibility index (Phi) is 6.39. The average molecular weight is 474 g/mol. The normalized spacial score (nSPS) is 26.0. The van der Waals surface area contributed by atoms with E-state index in [0.717, 1.165) is 6.92 Å². The van der Waals surface area contributed by atoms with Crippen molar-refractivity contribution >= 4 is 17.5 Å². The van der Waals surface area contributed by atoms with Gasteiger partial charge in [-0.1, -0.05) is 12.1 Å². The summed E-state index contributed by atoms with van der Waals surface area (Å²) in [5.41, 5.74) is -0.322. The molecular weight excluding hydrogens is 452 g/mol. The maximum absolute atomic E-state index is 13.3. The maximum atomic E-state index is 13.3. The molecule has 1 saturated heterocycles. The summed E-state index contributed by atoms with van der Waals surface area (Å²) >= 11 is 0. The van der Waals surface area contributed by atoms with Crippen LogP contribution in [-0.2, 0) is 20.9 Å². The summed E-state index contributed by atoms with van der Waals surface area (Å²) in [7, 11) is 0. The highest BCUT2D eigenvalue weighted by Crippen LogP contribution is 2.38. The Morgan fingerprint density at radius 3 is 2.41 bits per heavy atom. The van der Waals surface area contributed by atoms with Gasteiger partial charge in [0.2, 0.25) is 12.1 Å². The standard InChI is InChI=1S/C23H22O11/c1-9(25)32-8-15-19(28)21(30)22(31)23(34-15)33-14-4-2-3-11-17(14)20(29)16-12(18(11)27)5-10(7-24)6-13(16)26/h2-6,15,19,21-24,26,28,30-31H,7-8H2,1H3/t15-,19-,21+,22-,23-/m1/s1. The maximum Gasteiger partial charge on any atom is 0.302 e. The van der Waals surface area contributed by atoms with E-state index in [1.807, 2.05) is 0 Å². The molecule has 5 atom stereocenters. The van der Waals surface area contributed by atoms with Gasteiger partial charge in [0.05, 0.1) is 17.7 Å². The van der Waals surface area contributed by atoms with Crippen molar-refractivity contribution in [1.29, 1.82) is 0 Å². The highest BCUT2D eigenvalue weighted by atomic mass is 16.7. The number of benzene rings is 2. The zero-order valence-corrected chi connectivity index (χ0v) is 17.9. The molecule has 1 heterocycles. The minimum absolute atomic E-state index is 0.0353. The minimum atomic E-state index is -1.75. The molecule has 5 N–H and O–H groups in total. The van der Waals surface area contributed by atoms with E-state index in [1.54, 1.807) is 0 Å². The number of hydrogen-bond acceptors (Lipinski definition) is 11. The predicted octanol–water partition coefficient (Wildman–Crippen LogP) is -0.591. The van der Waals surface area contributed by atoms with Gasteiger partial charge in [0.15, 0.2) is 5.78 Å². The molecule has 0 unspecified atom stereocenters. The van der Waals surface area contributed by atoms with Crippen LogP contribution in [0.4, 0.5) is 0 Å². The number of carbonyl (C=O) groups excluding carboxylic acids is 3. The quantitative estimate of drug-likeness (QED) is 0.298. The number of phenols is 1. The van der Waals surface area contributed by atoms with Gasteiger partial charge in [-0.2, -0.15) is 0 Å². The van der Waals surface area contributed by atoms with Gasteiger partial charge in [-0.25, -0.2) is 0 Å². The lowest BCUT2D eigenvalue weighted by molar-refractivity contribution is -0.278. The van der Waals surface area contributed by atoms with E-state index in [0.29, 0.717) is 0 Å². The second kappa shape index (κ2) is 9.12. The molecule has 0 bridgehead atoms. The second-order valence-electron chi connectivity index (χ2n) is 7.97. The zero-order valence-electron chi connectivity index (χ0n) is 17.9. The smallest absolute Gasteiger partial charge is 0.302 e. The van der Waals surface area contributed by atoms with Gasteiger partial charge in [0, 0.05) is 18.1 Å². The molecule has 0 saturated carbocycles. The van der Waals surface area contributed by atoms with Crippen molar-refractivity contribution in [2.45, 2.75) is 44.2 Å². The molecule has 11 heteroatoms. The van der Waals surface area contributed by atoms with Crippen molar-refractivity contribution < 1.29 is 54.1 Å². The molecule has 0 amide bonds. The van der Waals surface area contributed by atoms with Crippen LogP contribution in [-0.4, -0.2) is 80.4 Å². The van der Waals surface area contributed by atoms with Crippen molar-refractivity contribution in [3.8, 4) is 11.5 Å². The van der Waals surface area contributed by atoms with Crippen molar-refractivity contribution in [1.82, 2.24) is 0 Å². The van der Waals surface area contributed by atoms with Crippen LogP contribution in [0.1, 0.15) is 44.3 Å². The number of rotatable bonds is 5. The number of aromatic hydroxyl groups is 1. The number of esters is 1. The van der Waals surface area contributed by atoms with E-state index in [2.05, 4.69) is 0 Å². The first-order valence-electron chi connectivity index (χ1n) is 10.3. The topological polar surface area (TPSA) is 180 Å². The molecule has 180 valence electrons. The molecule has 4 rings (SSSR count). The van der Waals surface area contributed by atoms with Gasteiger partial charge in [-0.05, 0) is 23.8 Å². The molecule has 1 fully saturated rings. The largest absolute Gasteiger partial charge is 0.507 e. The van der Waals surface area contributed by atoms with Crippen LogP contribution in [0.5, 0.6) is 11.5 Å². The zero-order chi connectivity index (χ0) is 24.7. The van der Waals surface area contributed by atoms with Gasteiger partial charge in [-0.3, -0.25) is 14.4 Å². The lowest BCUT2D eigenvalue weighted by Gasteiger charge is -2.40. The van der Waals surface area contributed by atoms with Crippen LogP contribution in [0.25, 0.3) is 0 Å². The number of fused-ring (bicyclic) bond motifs is 2. The summed E-state index contributed by atoms with van der Waals surface area (Å²) in [6.45, 7) is 0.265. The first kappa shape index (κ1) is 23.8. The van der Waals surface area contributed by atoms with Crippen LogP contribution in [0.15, 0.2) is 30.3 Å². The third-order valence-corrected chi connectivity index (χ3v) is 5.69. The van der Waals surface area contributed by atoms with Gasteiger partial charge < -0.3 is 39.7 Å². The third-order valence-electron chi connectivity index (χ3n) is 5.69. The lowest BCUT2D eigenvalue weighted by Crippen LogP contribution is -2.60. The summed E-state index contributed by atoms with van der Waals surface area (Å²) in [5, 5.41) is 50.4. The third kappa shape index (κ3) is 4.04. The van der Waals surface area contributed by atoms with Crippen LogP contribution >= 0.6 is 0 Å². The molecule has 1 aliphatic carbocycles. The van der Waals surface area contributed by atoms with Crippen molar-refractivity contribution in [2.75, 3.05) is 6.61 Å². The summed E-state index contributed by atoms with van der Waals surface area (Å²) in [4.78, 5) is 37.4. The van der Waals surface area contributed by atoms with Gasteiger partial charge in [0.1, 0.15) is 42.5 Å². The summed E-state index contributed by atoms with van der Waals surface area (Å²) < 4.78 is 16.0. The number of carbonyl (C=O) groups is 3. The molecule has 0 radical (unpaired) electrons. The molecular formula is C23H22O11. The Morgan fingerprint density at radius 1 is 1.00 bits per heavy atom. The molecule has 2 aliphatic rings. The van der Waals surface area contributed by atoms with Crippen molar-refractivity contribution in [3.63, 3.8) is 0 Å². The van der Waals surface area contributed by atoms with Crippen molar-refractivity contribution in [3.05, 3.63) is 58.1 Å². The molecule has 0 spiro atoms. The van der Waals surface area contributed by atoms with Crippen LogP contribution in [0, 0.1) is 0 Å². The van der Waals surface area contributed by atoms with E-state index in [9.17, 15) is 39.9 Å². The van der Waals surface area contributed by atoms with Gasteiger partial charge >= 0.3 is 5.97 Å².